The van der Waals surface area contributed by atoms with Crippen LogP contribution in [0.4, 0.5) is 21.9 Å². The second kappa shape index (κ2) is 9.89. The number of fused-ring (bicyclic) bond motifs is 1. The summed E-state index contributed by atoms with van der Waals surface area (Å²) in [5.41, 5.74) is 1.05. The molecule has 2 aromatic carbocycles. The van der Waals surface area contributed by atoms with Gasteiger partial charge in [0.2, 0.25) is 11.7 Å². The largest absolute Gasteiger partial charge is 0.493 e. The lowest BCUT2D eigenvalue weighted by Crippen LogP contribution is -2.42. The molecule has 9 heteroatoms. The second-order valence-electron chi connectivity index (χ2n) is 8.30. The first-order chi connectivity index (χ1) is 15.7. The van der Waals surface area contributed by atoms with Crippen LogP contribution in [0.15, 0.2) is 30.3 Å². The van der Waals surface area contributed by atoms with Gasteiger partial charge in [0.05, 0.1) is 38.1 Å². The van der Waals surface area contributed by atoms with Crippen molar-refractivity contribution in [1.82, 2.24) is 0 Å². The van der Waals surface area contributed by atoms with E-state index in [4.69, 9.17) is 18.9 Å². The zero-order valence-electron chi connectivity index (χ0n) is 19.9. The van der Waals surface area contributed by atoms with Gasteiger partial charge in [-0.25, -0.2) is 4.79 Å². The molecule has 0 aliphatic carbocycles. The van der Waals surface area contributed by atoms with Crippen LogP contribution in [0.5, 0.6) is 23.0 Å². The van der Waals surface area contributed by atoms with Crippen LogP contribution in [0, 0.1) is 5.41 Å². The van der Waals surface area contributed by atoms with Gasteiger partial charge < -0.3 is 34.5 Å². The van der Waals surface area contributed by atoms with Gasteiger partial charge in [0.1, 0.15) is 12.4 Å². The van der Waals surface area contributed by atoms with E-state index in [9.17, 15) is 9.59 Å². The Morgan fingerprint density at radius 1 is 1.03 bits per heavy atom. The number of methoxy groups -OCH3 is 3. The number of nitrogens with one attached hydrogen (secondary N) is 2. The molecule has 0 spiro atoms. The lowest BCUT2D eigenvalue weighted by Gasteiger charge is -2.27. The van der Waals surface area contributed by atoms with Gasteiger partial charge in [0.25, 0.3) is 0 Å². The molecule has 0 saturated heterocycles. The summed E-state index contributed by atoms with van der Waals surface area (Å²) in [6.45, 7) is 6.60. The Bertz CT molecular complexity index is 1010. The highest BCUT2D eigenvalue weighted by Gasteiger charge is 2.37. The number of anilines is 3. The number of hydrogen-bond acceptors (Lipinski definition) is 6. The molecular formula is C24H31N3O6. The predicted molar refractivity (Wildman–Crippen MR) is 127 cm³/mol. The molecule has 0 unspecified atom stereocenters. The van der Waals surface area contributed by atoms with Gasteiger partial charge in [-0.05, 0) is 32.4 Å². The first-order valence-corrected chi connectivity index (χ1v) is 10.7. The third-order valence-electron chi connectivity index (χ3n) is 5.29. The van der Waals surface area contributed by atoms with E-state index < -0.39 is 11.4 Å². The van der Waals surface area contributed by atoms with Crippen molar-refractivity contribution in [3.63, 3.8) is 0 Å². The fraction of sp³-hybridized carbons (Fsp3) is 0.417. The number of rotatable bonds is 7. The van der Waals surface area contributed by atoms with Crippen LogP contribution >= 0.6 is 0 Å². The smallest absolute Gasteiger partial charge is 0.323 e. The van der Waals surface area contributed by atoms with Crippen molar-refractivity contribution in [2.45, 2.75) is 27.2 Å². The summed E-state index contributed by atoms with van der Waals surface area (Å²) < 4.78 is 21.9. The monoisotopic (exact) mass is 457 g/mol. The molecule has 0 atom stereocenters. The summed E-state index contributed by atoms with van der Waals surface area (Å²) in [6.07, 6.45) is 0.818. The molecular weight excluding hydrogens is 426 g/mol. The summed E-state index contributed by atoms with van der Waals surface area (Å²) in [5, 5.41) is 5.56. The topological polar surface area (TPSA) is 98.4 Å². The highest BCUT2D eigenvalue weighted by Crippen LogP contribution is 2.40. The third-order valence-corrected chi connectivity index (χ3v) is 5.29. The third kappa shape index (κ3) is 5.08. The molecule has 0 radical (unpaired) electrons. The molecule has 1 aliphatic heterocycles. The molecule has 3 amide bonds. The van der Waals surface area contributed by atoms with Crippen molar-refractivity contribution in [3.05, 3.63) is 30.3 Å². The van der Waals surface area contributed by atoms with Crippen LogP contribution in [0.2, 0.25) is 0 Å². The van der Waals surface area contributed by atoms with Gasteiger partial charge in [-0.1, -0.05) is 6.92 Å². The highest BCUT2D eigenvalue weighted by molar-refractivity contribution is 6.02. The van der Waals surface area contributed by atoms with E-state index >= 15 is 0 Å². The van der Waals surface area contributed by atoms with E-state index in [1.165, 1.54) is 21.3 Å². The molecule has 33 heavy (non-hydrogen) atoms. The SMILES string of the molecule is CCCN1C(=O)C(C)(C)COc2cc(NC(=O)Nc3cc(OC)c(OC)c(OC)c3)ccc21. The fourth-order valence-electron chi connectivity index (χ4n) is 3.62. The minimum atomic E-state index is -0.647. The zero-order chi connectivity index (χ0) is 24.2. The average Bonchev–Trinajstić information content (AvgIpc) is 2.88. The van der Waals surface area contributed by atoms with Crippen molar-refractivity contribution in [1.29, 1.82) is 0 Å². The van der Waals surface area contributed by atoms with Crippen molar-refractivity contribution in [2.24, 2.45) is 5.41 Å². The standard InChI is InChI=1S/C24H31N3O6/c1-7-10-27-17-9-8-15(11-18(17)33-14-24(2,3)22(27)28)25-23(29)26-16-12-19(30-4)21(32-6)20(13-16)31-5/h8-9,11-13H,7,10,14H2,1-6H3,(H2,25,26,29). The second-order valence-corrected chi connectivity index (χ2v) is 8.30. The molecule has 2 aromatic rings. The van der Waals surface area contributed by atoms with Crippen LogP contribution in [0.3, 0.4) is 0 Å². The first-order valence-electron chi connectivity index (χ1n) is 10.7. The number of ether oxygens (including phenoxy) is 4. The van der Waals surface area contributed by atoms with Crippen molar-refractivity contribution < 1.29 is 28.5 Å². The Morgan fingerprint density at radius 2 is 1.67 bits per heavy atom. The van der Waals surface area contributed by atoms with E-state index in [1.54, 1.807) is 35.2 Å². The summed E-state index contributed by atoms with van der Waals surface area (Å²) in [6, 6.07) is 8.07. The molecule has 0 saturated carbocycles. The lowest BCUT2D eigenvalue weighted by atomic mass is 9.93. The number of carbonyl (C=O) groups is 2. The quantitative estimate of drug-likeness (QED) is 0.634. The minimum Gasteiger partial charge on any atom is -0.493 e. The summed E-state index contributed by atoms with van der Waals surface area (Å²) in [7, 11) is 4.52. The van der Waals surface area contributed by atoms with E-state index in [0.29, 0.717) is 46.6 Å². The molecule has 0 aromatic heterocycles. The van der Waals surface area contributed by atoms with E-state index in [1.807, 2.05) is 20.8 Å². The molecule has 178 valence electrons. The molecule has 1 heterocycles. The summed E-state index contributed by atoms with van der Waals surface area (Å²) in [4.78, 5) is 27.4. The molecule has 2 N–H and O–H groups in total. The average molecular weight is 458 g/mol. The minimum absolute atomic E-state index is 0.0175. The number of amides is 3. The normalized spacial score (nSPS) is 14.5. The van der Waals surface area contributed by atoms with Gasteiger partial charge in [-0.15, -0.1) is 0 Å². The summed E-state index contributed by atoms with van der Waals surface area (Å²) in [5.74, 6) is 1.85. The predicted octanol–water partition coefficient (Wildman–Crippen LogP) is 4.52. The van der Waals surface area contributed by atoms with Crippen LogP contribution in [-0.4, -0.2) is 46.4 Å². The maximum atomic E-state index is 13.0. The number of hydrogen-bond donors (Lipinski definition) is 2. The Hall–Kier alpha value is -3.62. The molecule has 3 rings (SSSR count). The van der Waals surface area contributed by atoms with Gasteiger partial charge in [0, 0.05) is 30.4 Å². The van der Waals surface area contributed by atoms with Crippen molar-refractivity contribution >= 4 is 29.0 Å². The van der Waals surface area contributed by atoms with Crippen molar-refractivity contribution in [3.8, 4) is 23.0 Å². The van der Waals surface area contributed by atoms with E-state index in [0.717, 1.165) is 6.42 Å². The highest BCUT2D eigenvalue weighted by atomic mass is 16.5. The molecule has 9 nitrogen and oxygen atoms in total. The number of carbonyl (C=O) groups excluding carboxylic acids is 2. The van der Waals surface area contributed by atoms with Crippen molar-refractivity contribution in [2.75, 3.05) is 50.0 Å². The van der Waals surface area contributed by atoms with Crippen LogP contribution in [0.1, 0.15) is 27.2 Å². The van der Waals surface area contributed by atoms with E-state index in [2.05, 4.69) is 10.6 Å². The number of nitrogens with zero attached hydrogens (tertiary/aromatic N) is 1. The van der Waals surface area contributed by atoms with Gasteiger partial charge >= 0.3 is 6.03 Å². The van der Waals surface area contributed by atoms with Crippen LogP contribution in [-0.2, 0) is 4.79 Å². The first kappa shape index (κ1) is 24.0. The Kier molecular flexibility index (Phi) is 7.20. The number of benzene rings is 2. The van der Waals surface area contributed by atoms with Gasteiger partial charge in [0.15, 0.2) is 11.5 Å². The fourth-order valence-corrected chi connectivity index (χ4v) is 3.62. The Balaban J connectivity index is 1.81. The number of urea groups is 1. The van der Waals surface area contributed by atoms with Gasteiger partial charge in [-0.2, -0.15) is 0 Å². The Labute approximate surface area is 193 Å². The van der Waals surface area contributed by atoms with Crippen LogP contribution < -0.4 is 34.5 Å². The maximum absolute atomic E-state index is 13.0. The van der Waals surface area contributed by atoms with Crippen LogP contribution in [0.25, 0.3) is 0 Å². The van der Waals surface area contributed by atoms with E-state index in [-0.39, 0.29) is 12.5 Å². The Morgan fingerprint density at radius 3 is 2.24 bits per heavy atom. The maximum Gasteiger partial charge on any atom is 0.323 e. The molecule has 0 fully saturated rings. The molecule has 0 bridgehead atoms. The molecule has 1 aliphatic rings. The van der Waals surface area contributed by atoms with Gasteiger partial charge in [-0.3, -0.25) is 4.79 Å². The summed E-state index contributed by atoms with van der Waals surface area (Å²) >= 11 is 0. The lowest BCUT2D eigenvalue weighted by molar-refractivity contribution is -0.127. The zero-order valence-corrected chi connectivity index (χ0v) is 19.9.